The number of ketones is 1. The molecule has 110 valence electrons. The van der Waals surface area contributed by atoms with Crippen molar-refractivity contribution >= 4 is 29.0 Å². The molecule has 0 unspecified atom stereocenters. The van der Waals surface area contributed by atoms with Crippen molar-refractivity contribution in [1.29, 1.82) is 0 Å². The van der Waals surface area contributed by atoms with Crippen LogP contribution in [0.5, 0.6) is 5.75 Å². The Labute approximate surface area is 129 Å². The van der Waals surface area contributed by atoms with Gasteiger partial charge in [0.15, 0.2) is 5.78 Å². The third-order valence-corrected chi connectivity index (χ3v) is 3.67. The summed E-state index contributed by atoms with van der Waals surface area (Å²) in [5, 5.41) is 4.08. The zero-order valence-corrected chi connectivity index (χ0v) is 12.9. The van der Waals surface area contributed by atoms with E-state index in [1.165, 1.54) is 0 Å². The van der Waals surface area contributed by atoms with Gasteiger partial charge in [0.2, 0.25) is 0 Å². The van der Waals surface area contributed by atoms with Crippen molar-refractivity contribution in [2.75, 3.05) is 39.3 Å². The lowest BCUT2D eigenvalue weighted by atomic mass is 10.1. The Balaban J connectivity index is 2.19. The average molecular weight is 317 g/mol. The minimum Gasteiger partial charge on any atom is -0.492 e. The second-order valence-corrected chi connectivity index (χ2v) is 5.49. The van der Waals surface area contributed by atoms with Crippen molar-refractivity contribution in [2.45, 2.75) is 6.92 Å². The van der Waals surface area contributed by atoms with Gasteiger partial charge in [-0.15, -0.1) is 0 Å². The Bertz CT molecular complexity index is 488. The first-order valence-electron chi connectivity index (χ1n) is 6.70. The second-order valence-electron chi connectivity index (χ2n) is 4.65. The first kappa shape index (κ1) is 15.6. The summed E-state index contributed by atoms with van der Waals surface area (Å²) in [7, 11) is 0. The lowest BCUT2D eigenvalue weighted by Gasteiger charge is -2.26. The SMILES string of the molecule is CCOc1c(Cl)cc(Cl)cc1C(=O)CN1CCNCC1. The maximum absolute atomic E-state index is 12.5. The molecule has 0 bridgehead atoms. The molecule has 4 nitrogen and oxygen atoms in total. The lowest BCUT2D eigenvalue weighted by Crippen LogP contribution is -2.45. The third kappa shape index (κ3) is 3.85. The van der Waals surface area contributed by atoms with Crippen molar-refractivity contribution in [2.24, 2.45) is 0 Å². The number of Topliss-reactive ketones (excluding diaryl/α,β-unsaturated/α-hetero) is 1. The van der Waals surface area contributed by atoms with E-state index in [0.29, 0.717) is 34.5 Å². The highest BCUT2D eigenvalue weighted by atomic mass is 35.5. The van der Waals surface area contributed by atoms with E-state index < -0.39 is 0 Å². The van der Waals surface area contributed by atoms with Crippen molar-refractivity contribution in [3.63, 3.8) is 0 Å². The van der Waals surface area contributed by atoms with Crippen LogP contribution in [0, 0.1) is 0 Å². The summed E-state index contributed by atoms with van der Waals surface area (Å²) in [5.74, 6) is 0.415. The topological polar surface area (TPSA) is 41.6 Å². The van der Waals surface area contributed by atoms with Gasteiger partial charge in [0.25, 0.3) is 0 Å². The standard InChI is InChI=1S/C14H18Cl2N2O2/c1-2-20-14-11(7-10(15)8-12(14)16)13(19)9-18-5-3-17-4-6-18/h7-8,17H,2-6,9H2,1H3. The molecule has 0 amide bonds. The molecular formula is C14H18Cl2N2O2. The zero-order chi connectivity index (χ0) is 14.5. The molecule has 0 spiro atoms. The number of carbonyl (C=O) groups is 1. The van der Waals surface area contributed by atoms with Gasteiger partial charge >= 0.3 is 0 Å². The van der Waals surface area contributed by atoms with Gasteiger partial charge in [0, 0.05) is 31.2 Å². The number of carbonyl (C=O) groups excluding carboxylic acids is 1. The maximum atomic E-state index is 12.5. The van der Waals surface area contributed by atoms with Crippen LogP contribution in [0.3, 0.4) is 0 Å². The van der Waals surface area contributed by atoms with E-state index in [-0.39, 0.29) is 5.78 Å². The van der Waals surface area contributed by atoms with Gasteiger partial charge in [-0.1, -0.05) is 23.2 Å². The summed E-state index contributed by atoms with van der Waals surface area (Å²) < 4.78 is 5.49. The lowest BCUT2D eigenvalue weighted by molar-refractivity contribution is 0.0918. The van der Waals surface area contributed by atoms with Crippen molar-refractivity contribution in [3.05, 3.63) is 27.7 Å². The van der Waals surface area contributed by atoms with Crippen LogP contribution in [0.25, 0.3) is 0 Å². The molecule has 1 aromatic carbocycles. The molecule has 1 aromatic rings. The fourth-order valence-corrected chi connectivity index (χ4v) is 2.76. The van der Waals surface area contributed by atoms with Crippen molar-refractivity contribution in [3.8, 4) is 5.75 Å². The van der Waals surface area contributed by atoms with E-state index in [0.717, 1.165) is 26.2 Å². The molecule has 0 atom stereocenters. The average Bonchev–Trinajstić information content (AvgIpc) is 2.42. The van der Waals surface area contributed by atoms with Crippen LogP contribution < -0.4 is 10.1 Å². The molecule has 1 fully saturated rings. The first-order chi connectivity index (χ1) is 9.61. The van der Waals surface area contributed by atoms with E-state index in [4.69, 9.17) is 27.9 Å². The number of nitrogens with one attached hydrogen (secondary N) is 1. The summed E-state index contributed by atoms with van der Waals surface area (Å²) in [6, 6.07) is 3.22. The van der Waals surface area contributed by atoms with E-state index >= 15 is 0 Å². The second kappa shape index (κ2) is 7.27. The van der Waals surface area contributed by atoms with Gasteiger partial charge in [-0.25, -0.2) is 0 Å². The summed E-state index contributed by atoms with van der Waals surface area (Å²) in [6.07, 6.45) is 0. The monoisotopic (exact) mass is 316 g/mol. The molecule has 1 aliphatic heterocycles. The van der Waals surface area contributed by atoms with Crippen LogP contribution >= 0.6 is 23.2 Å². The fourth-order valence-electron chi connectivity index (χ4n) is 2.22. The highest BCUT2D eigenvalue weighted by molar-refractivity contribution is 6.36. The van der Waals surface area contributed by atoms with Crippen molar-refractivity contribution < 1.29 is 9.53 Å². The van der Waals surface area contributed by atoms with Crippen LogP contribution in [-0.4, -0.2) is 50.0 Å². The molecule has 0 aliphatic carbocycles. The number of hydrogen-bond donors (Lipinski definition) is 1. The molecule has 0 aromatic heterocycles. The number of halogens is 2. The first-order valence-corrected chi connectivity index (χ1v) is 7.45. The van der Waals surface area contributed by atoms with Crippen LogP contribution in [0.15, 0.2) is 12.1 Å². The Morgan fingerprint density at radius 2 is 2.05 bits per heavy atom. The van der Waals surface area contributed by atoms with Gasteiger partial charge < -0.3 is 10.1 Å². The van der Waals surface area contributed by atoms with E-state index in [9.17, 15) is 4.79 Å². The zero-order valence-electron chi connectivity index (χ0n) is 11.4. The van der Waals surface area contributed by atoms with Crippen LogP contribution in [0.4, 0.5) is 0 Å². The largest absolute Gasteiger partial charge is 0.492 e. The van der Waals surface area contributed by atoms with E-state index in [1.54, 1.807) is 12.1 Å². The molecule has 2 rings (SSSR count). The third-order valence-electron chi connectivity index (χ3n) is 3.17. The molecule has 1 heterocycles. The molecule has 0 saturated carbocycles. The van der Waals surface area contributed by atoms with Crippen LogP contribution in [-0.2, 0) is 0 Å². The van der Waals surface area contributed by atoms with Gasteiger partial charge in [0.1, 0.15) is 5.75 Å². The Morgan fingerprint density at radius 1 is 1.35 bits per heavy atom. The van der Waals surface area contributed by atoms with Gasteiger partial charge in [-0.3, -0.25) is 9.69 Å². The summed E-state index contributed by atoms with van der Waals surface area (Å²) >= 11 is 12.1. The number of hydrogen-bond acceptors (Lipinski definition) is 4. The quantitative estimate of drug-likeness (QED) is 0.847. The molecule has 1 N–H and O–H groups in total. The summed E-state index contributed by atoms with van der Waals surface area (Å²) in [6.45, 7) is 6.21. The Hall–Kier alpha value is -0.810. The predicted molar refractivity (Wildman–Crippen MR) is 81.3 cm³/mol. The summed E-state index contributed by atoms with van der Waals surface area (Å²) in [4.78, 5) is 14.6. The smallest absolute Gasteiger partial charge is 0.180 e. The van der Waals surface area contributed by atoms with Crippen LogP contribution in [0.2, 0.25) is 10.0 Å². The minimum atomic E-state index is -0.0141. The van der Waals surface area contributed by atoms with Crippen molar-refractivity contribution in [1.82, 2.24) is 10.2 Å². The molecule has 20 heavy (non-hydrogen) atoms. The molecule has 6 heteroatoms. The number of benzene rings is 1. The van der Waals surface area contributed by atoms with Gasteiger partial charge in [-0.05, 0) is 19.1 Å². The maximum Gasteiger partial charge on any atom is 0.180 e. The molecule has 0 radical (unpaired) electrons. The molecule has 1 saturated heterocycles. The highest BCUT2D eigenvalue weighted by Gasteiger charge is 2.20. The molecule has 1 aliphatic rings. The number of rotatable bonds is 5. The Kier molecular flexibility index (Phi) is 5.66. The fraction of sp³-hybridized carbons (Fsp3) is 0.500. The predicted octanol–water partition coefficient (Wildman–Crippen LogP) is 2.48. The molecular weight excluding hydrogens is 299 g/mol. The van der Waals surface area contributed by atoms with Gasteiger partial charge in [-0.2, -0.15) is 0 Å². The van der Waals surface area contributed by atoms with E-state index in [2.05, 4.69) is 10.2 Å². The number of piperazine rings is 1. The van der Waals surface area contributed by atoms with Gasteiger partial charge in [0.05, 0.1) is 23.7 Å². The van der Waals surface area contributed by atoms with Crippen LogP contribution in [0.1, 0.15) is 17.3 Å². The highest BCUT2D eigenvalue weighted by Crippen LogP contribution is 2.32. The summed E-state index contributed by atoms with van der Waals surface area (Å²) in [5.41, 5.74) is 0.461. The Morgan fingerprint density at radius 3 is 2.70 bits per heavy atom. The number of nitrogens with zero attached hydrogens (tertiary/aromatic N) is 1. The number of ether oxygens (including phenoxy) is 1. The minimum absolute atomic E-state index is 0.0141. The normalized spacial score (nSPS) is 16.1. The van der Waals surface area contributed by atoms with E-state index in [1.807, 2.05) is 6.92 Å².